The summed E-state index contributed by atoms with van der Waals surface area (Å²) in [6.07, 6.45) is 1.60. The van der Waals surface area contributed by atoms with Crippen LogP contribution >= 0.6 is 0 Å². The first-order valence-corrected chi connectivity index (χ1v) is 5.60. The smallest absolute Gasteiger partial charge is 0.255 e. The van der Waals surface area contributed by atoms with E-state index in [9.17, 15) is 9.90 Å². The van der Waals surface area contributed by atoms with Gasteiger partial charge in [-0.25, -0.2) is 0 Å². The number of carbonyl (C=O) groups is 1. The van der Waals surface area contributed by atoms with E-state index in [4.69, 9.17) is 0 Å². The van der Waals surface area contributed by atoms with E-state index in [-0.39, 0.29) is 11.7 Å². The van der Waals surface area contributed by atoms with Crippen LogP contribution in [0.1, 0.15) is 21.6 Å². The van der Waals surface area contributed by atoms with Crippen LogP contribution < -0.4 is 5.32 Å². The number of phenols is 1. The van der Waals surface area contributed by atoms with Crippen LogP contribution in [0.15, 0.2) is 36.5 Å². The van der Waals surface area contributed by atoms with E-state index < -0.39 is 0 Å². The molecule has 18 heavy (non-hydrogen) atoms. The highest BCUT2D eigenvalue weighted by molar-refractivity contribution is 6.04. The summed E-state index contributed by atoms with van der Waals surface area (Å²) in [5, 5.41) is 12.3. The number of benzene rings is 1. The van der Waals surface area contributed by atoms with Crippen molar-refractivity contribution < 1.29 is 9.90 Å². The van der Waals surface area contributed by atoms with Crippen LogP contribution in [-0.4, -0.2) is 16.0 Å². The molecule has 0 fully saturated rings. The summed E-state index contributed by atoms with van der Waals surface area (Å²) in [5.74, 6) is -0.152. The SMILES string of the molecule is Cc1ccc(NC(=O)c2ccc(C)c(O)c2)cn1. The predicted molar refractivity (Wildman–Crippen MR) is 69.8 cm³/mol. The highest BCUT2D eigenvalue weighted by atomic mass is 16.3. The minimum absolute atomic E-state index is 0.115. The molecule has 2 rings (SSSR count). The van der Waals surface area contributed by atoms with E-state index in [2.05, 4.69) is 10.3 Å². The number of nitrogens with one attached hydrogen (secondary N) is 1. The molecular weight excluding hydrogens is 228 g/mol. The third-order valence-corrected chi connectivity index (χ3v) is 2.64. The molecule has 1 aromatic heterocycles. The number of aryl methyl sites for hydroxylation is 2. The Hall–Kier alpha value is -2.36. The topological polar surface area (TPSA) is 62.2 Å². The van der Waals surface area contributed by atoms with E-state index >= 15 is 0 Å². The number of hydrogen-bond acceptors (Lipinski definition) is 3. The molecule has 0 radical (unpaired) electrons. The lowest BCUT2D eigenvalue weighted by Gasteiger charge is -2.06. The molecule has 0 aliphatic heterocycles. The van der Waals surface area contributed by atoms with Gasteiger partial charge in [0.2, 0.25) is 0 Å². The number of phenolic OH excluding ortho intramolecular Hbond substituents is 1. The number of pyridine rings is 1. The molecule has 4 nitrogen and oxygen atoms in total. The number of aromatic hydroxyl groups is 1. The average Bonchev–Trinajstić information content (AvgIpc) is 2.35. The van der Waals surface area contributed by atoms with Gasteiger partial charge in [0.25, 0.3) is 5.91 Å². The van der Waals surface area contributed by atoms with Crippen LogP contribution in [0.5, 0.6) is 5.75 Å². The Kier molecular flexibility index (Phi) is 3.28. The van der Waals surface area contributed by atoms with Crippen LogP contribution in [0.2, 0.25) is 0 Å². The molecule has 92 valence electrons. The maximum absolute atomic E-state index is 11.9. The van der Waals surface area contributed by atoms with Crippen molar-refractivity contribution in [3.05, 3.63) is 53.3 Å². The van der Waals surface area contributed by atoms with Gasteiger partial charge in [0.1, 0.15) is 5.75 Å². The molecule has 1 heterocycles. The average molecular weight is 242 g/mol. The number of anilines is 1. The third kappa shape index (κ3) is 2.66. The standard InChI is InChI=1S/C14H14N2O2/c1-9-3-5-11(7-13(9)17)14(18)16-12-6-4-10(2)15-8-12/h3-8,17H,1-2H3,(H,16,18). The third-order valence-electron chi connectivity index (χ3n) is 2.64. The Morgan fingerprint density at radius 2 is 2.00 bits per heavy atom. The van der Waals surface area contributed by atoms with Gasteiger partial charge in [-0.3, -0.25) is 9.78 Å². The number of amides is 1. The van der Waals surface area contributed by atoms with Crippen molar-refractivity contribution in [3.63, 3.8) is 0 Å². The molecule has 0 aliphatic rings. The monoisotopic (exact) mass is 242 g/mol. The molecule has 0 saturated carbocycles. The summed E-state index contributed by atoms with van der Waals surface area (Å²) >= 11 is 0. The van der Waals surface area contributed by atoms with Crippen LogP contribution in [-0.2, 0) is 0 Å². The first kappa shape index (κ1) is 12.1. The zero-order valence-corrected chi connectivity index (χ0v) is 10.3. The first-order chi connectivity index (χ1) is 8.56. The molecule has 0 aliphatic carbocycles. The lowest BCUT2D eigenvalue weighted by Crippen LogP contribution is -2.12. The van der Waals surface area contributed by atoms with Crippen molar-refractivity contribution in [2.24, 2.45) is 0 Å². The molecule has 0 atom stereocenters. The van der Waals surface area contributed by atoms with Crippen molar-refractivity contribution >= 4 is 11.6 Å². The second kappa shape index (κ2) is 4.87. The Labute approximate surface area is 105 Å². The molecule has 0 bridgehead atoms. The normalized spacial score (nSPS) is 10.1. The molecule has 1 amide bonds. The van der Waals surface area contributed by atoms with E-state index in [1.807, 2.05) is 13.0 Å². The predicted octanol–water partition coefficient (Wildman–Crippen LogP) is 2.66. The zero-order valence-electron chi connectivity index (χ0n) is 10.3. The van der Waals surface area contributed by atoms with Crippen molar-refractivity contribution in [2.45, 2.75) is 13.8 Å². The lowest BCUT2D eigenvalue weighted by atomic mass is 10.1. The summed E-state index contributed by atoms with van der Waals surface area (Å²) in [6.45, 7) is 3.66. The molecule has 4 heteroatoms. The van der Waals surface area contributed by atoms with Gasteiger partial charge in [0, 0.05) is 11.3 Å². The van der Waals surface area contributed by atoms with Crippen molar-refractivity contribution in [2.75, 3.05) is 5.32 Å². The summed E-state index contributed by atoms with van der Waals surface area (Å²) in [6, 6.07) is 8.44. The second-order valence-corrected chi connectivity index (χ2v) is 4.14. The molecule has 1 aromatic carbocycles. The van der Waals surface area contributed by atoms with Gasteiger partial charge in [0.15, 0.2) is 0 Å². The maximum atomic E-state index is 11.9. The van der Waals surface area contributed by atoms with Gasteiger partial charge in [-0.2, -0.15) is 0 Å². The molecule has 2 aromatic rings. The van der Waals surface area contributed by atoms with Gasteiger partial charge < -0.3 is 10.4 Å². The van der Waals surface area contributed by atoms with Gasteiger partial charge in [-0.1, -0.05) is 6.07 Å². The number of nitrogens with zero attached hydrogens (tertiary/aromatic N) is 1. The van der Waals surface area contributed by atoms with Crippen molar-refractivity contribution in [3.8, 4) is 5.75 Å². The molecule has 0 unspecified atom stereocenters. The van der Waals surface area contributed by atoms with E-state index in [1.54, 1.807) is 31.3 Å². The summed E-state index contributed by atoms with van der Waals surface area (Å²) in [5.41, 5.74) is 2.67. The molecular formula is C14H14N2O2. The Morgan fingerprint density at radius 1 is 1.22 bits per heavy atom. The van der Waals surface area contributed by atoms with E-state index in [1.165, 1.54) is 6.07 Å². The second-order valence-electron chi connectivity index (χ2n) is 4.14. The number of carbonyl (C=O) groups excluding carboxylic acids is 1. The minimum Gasteiger partial charge on any atom is -0.508 e. The Morgan fingerprint density at radius 3 is 2.61 bits per heavy atom. The maximum Gasteiger partial charge on any atom is 0.255 e. The van der Waals surface area contributed by atoms with Gasteiger partial charge >= 0.3 is 0 Å². The lowest BCUT2D eigenvalue weighted by molar-refractivity contribution is 0.102. The summed E-state index contributed by atoms with van der Waals surface area (Å²) < 4.78 is 0. The number of rotatable bonds is 2. The van der Waals surface area contributed by atoms with Crippen LogP contribution in [0.25, 0.3) is 0 Å². The van der Waals surface area contributed by atoms with Crippen LogP contribution in [0, 0.1) is 13.8 Å². The largest absolute Gasteiger partial charge is 0.508 e. The van der Waals surface area contributed by atoms with Gasteiger partial charge in [-0.05, 0) is 43.7 Å². The molecule has 0 spiro atoms. The molecule has 0 saturated heterocycles. The van der Waals surface area contributed by atoms with Gasteiger partial charge in [-0.15, -0.1) is 0 Å². The van der Waals surface area contributed by atoms with E-state index in [0.29, 0.717) is 11.3 Å². The van der Waals surface area contributed by atoms with E-state index in [0.717, 1.165) is 11.3 Å². The minimum atomic E-state index is -0.268. The highest BCUT2D eigenvalue weighted by Gasteiger charge is 2.08. The zero-order chi connectivity index (χ0) is 13.1. The van der Waals surface area contributed by atoms with Crippen molar-refractivity contribution in [1.82, 2.24) is 4.98 Å². The van der Waals surface area contributed by atoms with Crippen LogP contribution in [0.4, 0.5) is 5.69 Å². The first-order valence-electron chi connectivity index (χ1n) is 5.60. The number of hydrogen-bond donors (Lipinski definition) is 2. The Balaban J connectivity index is 2.16. The highest BCUT2D eigenvalue weighted by Crippen LogP contribution is 2.18. The van der Waals surface area contributed by atoms with Gasteiger partial charge in [0.05, 0.1) is 11.9 Å². The fourth-order valence-electron chi connectivity index (χ4n) is 1.50. The number of aromatic nitrogens is 1. The summed E-state index contributed by atoms with van der Waals surface area (Å²) in [7, 11) is 0. The quantitative estimate of drug-likeness (QED) is 0.851. The fraction of sp³-hybridized carbons (Fsp3) is 0.143. The van der Waals surface area contributed by atoms with Crippen molar-refractivity contribution in [1.29, 1.82) is 0 Å². The fourth-order valence-corrected chi connectivity index (χ4v) is 1.50. The molecule has 2 N–H and O–H groups in total. The summed E-state index contributed by atoms with van der Waals surface area (Å²) in [4.78, 5) is 16.0. The Bertz CT molecular complexity index is 577. The van der Waals surface area contributed by atoms with Crippen LogP contribution in [0.3, 0.4) is 0 Å².